The van der Waals surface area contributed by atoms with Gasteiger partial charge in [0.25, 0.3) is 0 Å². The molecule has 3 heteroatoms. The number of hydrogen-bond acceptors (Lipinski definition) is 2. The van der Waals surface area contributed by atoms with Crippen molar-refractivity contribution in [1.82, 2.24) is 4.98 Å². The Labute approximate surface area is 77.2 Å². The first kappa shape index (κ1) is 11.9. The number of rotatable bonds is 0. The van der Waals surface area contributed by atoms with Crippen LogP contribution in [0.15, 0.2) is 30.6 Å². The van der Waals surface area contributed by atoms with Crippen molar-refractivity contribution in [2.24, 2.45) is 0 Å². The molecule has 9 heavy (non-hydrogen) atoms. The Morgan fingerprint density at radius 2 is 1.44 bits per heavy atom. The van der Waals surface area contributed by atoms with Gasteiger partial charge in [0, 0.05) is 12.4 Å². The van der Waals surface area contributed by atoms with Crippen LogP contribution < -0.4 is 34.7 Å². The average Bonchev–Trinajstić information content (AvgIpc) is 1.96. The van der Waals surface area contributed by atoms with E-state index >= 15 is 0 Å². The first-order chi connectivity index (χ1) is 4.00. The van der Waals surface area contributed by atoms with E-state index in [2.05, 4.69) is 4.98 Å². The van der Waals surface area contributed by atoms with Gasteiger partial charge < -0.3 is 5.11 Å². The molecule has 0 unspecified atom stereocenters. The van der Waals surface area contributed by atoms with E-state index in [0.717, 1.165) is 7.11 Å². The molecule has 0 radical (unpaired) electrons. The van der Waals surface area contributed by atoms with Gasteiger partial charge in [-0.1, -0.05) is 6.07 Å². The molecule has 0 N–H and O–H groups in total. The predicted molar refractivity (Wildman–Crippen MR) is 30.2 cm³/mol. The van der Waals surface area contributed by atoms with E-state index in [9.17, 15) is 0 Å². The van der Waals surface area contributed by atoms with Crippen LogP contribution in [0.2, 0.25) is 0 Å². The normalized spacial score (nSPS) is 6.00. The van der Waals surface area contributed by atoms with Crippen molar-refractivity contribution in [3.63, 3.8) is 0 Å². The van der Waals surface area contributed by atoms with Crippen LogP contribution in [0.5, 0.6) is 0 Å². The van der Waals surface area contributed by atoms with Gasteiger partial charge in [-0.25, -0.2) is 0 Å². The van der Waals surface area contributed by atoms with Gasteiger partial charge in [0.2, 0.25) is 0 Å². The minimum Gasteiger partial charge on any atom is -0.857 e. The number of hydrogen-bond donors (Lipinski definition) is 0. The summed E-state index contributed by atoms with van der Waals surface area (Å²) in [4.78, 5) is 3.78. The molecule has 44 valence electrons. The average molecular weight is 133 g/mol. The molecule has 1 aromatic rings. The van der Waals surface area contributed by atoms with Crippen molar-refractivity contribution in [3.8, 4) is 0 Å². The molecule has 0 bridgehead atoms. The van der Waals surface area contributed by atoms with Crippen LogP contribution >= 0.6 is 0 Å². The predicted octanol–water partition coefficient (Wildman–Crippen LogP) is -2.94. The summed E-state index contributed by atoms with van der Waals surface area (Å²) in [5.41, 5.74) is 0. The van der Waals surface area contributed by atoms with Crippen LogP contribution in [0.25, 0.3) is 0 Å². The molecular weight excluding hydrogens is 125 g/mol. The molecule has 0 saturated carbocycles. The third-order valence-corrected chi connectivity index (χ3v) is 0.566. The third-order valence-electron chi connectivity index (χ3n) is 0.566. The van der Waals surface area contributed by atoms with Crippen LogP contribution in [0.3, 0.4) is 0 Å². The molecule has 0 saturated heterocycles. The second kappa shape index (κ2) is 11.0. The van der Waals surface area contributed by atoms with Crippen LogP contribution in [0, 0.1) is 0 Å². The third kappa shape index (κ3) is 8.11. The molecule has 1 rings (SSSR count). The number of nitrogens with zero attached hydrogens (tertiary/aromatic N) is 1. The maximum atomic E-state index is 8.25. The second-order valence-electron chi connectivity index (χ2n) is 1.02. The fourth-order valence-corrected chi connectivity index (χ4v) is 0.313. The molecule has 1 heterocycles. The van der Waals surface area contributed by atoms with Crippen molar-refractivity contribution in [1.29, 1.82) is 0 Å². The smallest absolute Gasteiger partial charge is 0.857 e. The van der Waals surface area contributed by atoms with Gasteiger partial charge >= 0.3 is 29.6 Å². The zero-order valence-electron chi connectivity index (χ0n) is 5.74. The Morgan fingerprint density at radius 3 is 1.56 bits per heavy atom. The van der Waals surface area contributed by atoms with Gasteiger partial charge in [-0.15, -0.1) is 0 Å². The monoisotopic (exact) mass is 133 g/mol. The quantitative estimate of drug-likeness (QED) is 0.355. The van der Waals surface area contributed by atoms with E-state index in [0.29, 0.717) is 0 Å². The number of pyridine rings is 1. The van der Waals surface area contributed by atoms with E-state index in [-0.39, 0.29) is 29.6 Å². The Kier molecular flexibility index (Phi) is 14.5. The Hall–Kier alpha value is 0.110. The molecular formula is C6H8NNaO. The fraction of sp³-hybridized carbons (Fsp3) is 0.167. The molecule has 0 aliphatic heterocycles. The topological polar surface area (TPSA) is 36.0 Å². The van der Waals surface area contributed by atoms with Gasteiger partial charge in [0.15, 0.2) is 0 Å². The minimum absolute atomic E-state index is 0. The minimum atomic E-state index is 0. The van der Waals surface area contributed by atoms with Crippen molar-refractivity contribution in [3.05, 3.63) is 30.6 Å². The maximum Gasteiger partial charge on any atom is 1.00 e. The van der Waals surface area contributed by atoms with Crippen LogP contribution in [0.1, 0.15) is 0 Å². The summed E-state index contributed by atoms with van der Waals surface area (Å²) in [7, 11) is 0.750. The molecule has 0 amide bonds. The van der Waals surface area contributed by atoms with Gasteiger partial charge in [0.1, 0.15) is 0 Å². The first-order valence-electron chi connectivity index (χ1n) is 2.26. The van der Waals surface area contributed by atoms with Crippen molar-refractivity contribution < 1.29 is 34.7 Å². The zero-order valence-corrected chi connectivity index (χ0v) is 7.74. The van der Waals surface area contributed by atoms with Crippen LogP contribution in [0.4, 0.5) is 0 Å². The fourth-order valence-electron chi connectivity index (χ4n) is 0.313. The first-order valence-corrected chi connectivity index (χ1v) is 2.26. The zero-order chi connectivity index (χ0) is 6.24. The van der Waals surface area contributed by atoms with Gasteiger partial charge in [0.05, 0.1) is 0 Å². The summed E-state index contributed by atoms with van der Waals surface area (Å²) in [6, 6.07) is 5.72. The van der Waals surface area contributed by atoms with Crippen molar-refractivity contribution in [2.75, 3.05) is 7.11 Å². The SMILES string of the molecule is C[O-].[Na+].c1ccncc1. The van der Waals surface area contributed by atoms with E-state index in [4.69, 9.17) is 5.11 Å². The summed E-state index contributed by atoms with van der Waals surface area (Å²) in [5, 5.41) is 8.25. The molecule has 0 aromatic carbocycles. The van der Waals surface area contributed by atoms with E-state index in [1.165, 1.54) is 0 Å². The largest absolute Gasteiger partial charge is 1.00 e. The Balaban J connectivity index is 0. The molecule has 0 spiro atoms. The summed E-state index contributed by atoms with van der Waals surface area (Å²) >= 11 is 0. The molecule has 1 aromatic heterocycles. The summed E-state index contributed by atoms with van der Waals surface area (Å²) in [6.07, 6.45) is 3.50. The van der Waals surface area contributed by atoms with Crippen molar-refractivity contribution in [2.45, 2.75) is 0 Å². The molecule has 2 nitrogen and oxygen atoms in total. The van der Waals surface area contributed by atoms with Gasteiger partial charge in [-0.2, -0.15) is 7.11 Å². The standard InChI is InChI=1S/C5H5N.CH3O.Na/c1-2-4-6-5-3-1;1-2;/h1-5H;1H3;/q;-1;+1. The Morgan fingerprint density at radius 1 is 1.00 bits per heavy atom. The van der Waals surface area contributed by atoms with Gasteiger partial charge in [-0.3, -0.25) is 4.98 Å². The van der Waals surface area contributed by atoms with Crippen molar-refractivity contribution >= 4 is 0 Å². The molecule has 0 aliphatic carbocycles. The van der Waals surface area contributed by atoms with Crippen LogP contribution in [-0.2, 0) is 0 Å². The summed E-state index contributed by atoms with van der Waals surface area (Å²) < 4.78 is 0. The Bertz CT molecular complexity index is 85.0. The van der Waals surface area contributed by atoms with E-state index < -0.39 is 0 Å². The van der Waals surface area contributed by atoms with E-state index in [1.54, 1.807) is 12.4 Å². The second-order valence-corrected chi connectivity index (χ2v) is 1.02. The number of aromatic nitrogens is 1. The van der Waals surface area contributed by atoms with Gasteiger partial charge in [-0.05, 0) is 12.1 Å². The van der Waals surface area contributed by atoms with E-state index in [1.807, 2.05) is 18.2 Å². The molecule has 0 fully saturated rings. The molecule has 0 aliphatic rings. The maximum absolute atomic E-state index is 8.25. The summed E-state index contributed by atoms with van der Waals surface area (Å²) in [6.45, 7) is 0. The molecule has 0 atom stereocenters. The van der Waals surface area contributed by atoms with Crippen LogP contribution in [-0.4, -0.2) is 12.1 Å². The summed E-state index contributed by atoms with van der Waals surface area (Å²) in [5.74, 6) is 0.